The molecule has 0 bridgehead atoms. The van der Waals surface area contributed by atoms with Crippen molar-refractivity contribution in [3.8, 4) is 17.6 Å². The van der Waals surface area contributed by atoms with Gasteiger partial charge in [0.25, 0.3) is 0 Å². The molecule has 0 heterocycles. The molecule has 2 aromatic rings. The molecule has 2 aromatic carbocycles. The van der Waals surface area contributed by atoms with Crippen molar-refractivity contribution in [1.82, 2.24) is 0 Å². The van der Waals surface area contributed by atoms with Gasteiger partial charge in [-0.2, -0.15) is 5.26 Å². The van der Waals surface area contributed by atoms with Crippen molar-refractivity contribution in [2.75, 3.05) is 0 Å². The number of hydrogen-bond donors (Lipinski definition) is 0. The lowest BCUT2D eigenvalue weighted by molar-refractivity contribution is 0.479. The van der Waals surface area contributed by atoms with Crippen LogP contribution in [0.3, 0.4) is 0 Å². The lowest BCUT2D eigenvalue weighted by Crippen LogP contribution is -1.90. The van der Waals surface area contributed by atoms with E-state index in [1.54, 1.807) is 12.1 Å². The van der Waals surface area contributed by atoms with E-state index in [9.17, 15) is 0 Å². The second-order valence-corrected chi connectivity index (χ2v) is 5.06. The van der Waals surface area contributed by atoms with Gasteiger partial charge in [-0.3, -0.25) is 0 Å². The number of benzene rings is 2. The Labute approximate surface area is 125 Å². The molecule has 19 heavy (non-hydrogen) atoms. The summed E-state index contributed by atoms with van der Waals surface area (Å²) in [5.41, 5.74) is 2.60. The third kappa shape index (κ3) is 3.28. The minimum Gasteiger partial charge on any atom is -0.455 e. The SMILES string of the molecule is Cc1ccc(C#N)cc1Oc1ccc(CBr)cc1Cl. The van der Waals surface area contributed by atoms with Crippen LogP contribution < -0.4 is 4.74 Å². The molecule has 0 aromatic heterocycles. The van der Waals surface area contributed by atoms with Gasteiger partial charge in [0.1, 0.15) is 11.5 Å². The maximum atomic E-state index is 8.91. The highest BCUT2D eigenvalue weighted by Crippen LogP contribution is 2.32. The Morgan fingerprint density at radius 3 is 2.63 bits per heavy atom. The Kier molecular flexibility index (Phi) is 4.47. The van der Waals surface area contributed by atoms with E-state index in [0.717, 1.165) is 16.5 Å². The van der Waals surface area contributed by atoms with Crippen LogP contribution in [-0.2, 0) is 5.33 Å². The first-order valence-electron chi connectivity index (χ1n) is 5.67. The summed E-state index contributed by atoms with van der Waals surface area (Å²) in [6.07, 6.45) is 0. The summed E-state index contributed by atoms with van der Waals surface area (Å²) in [7, 11) is 0. The number of alkyl halides is 1. The summed E-state index contributed by atoms with van der Waals surface area (Å²) in [6, 6.07) is 13.1. The van der Waals surface area contributed by atoms with Gasteiger partial charge in [0.05, 0.1) is 16.7 Å². The molecule has 0 aliphatic heterocycles. The molecule has 96 valence electrons. The number of rotatable bonds is 3. The zero-order valence-corrected chi connectivity index (χ0v) is 12.6. The van der Waals surface area contributed by atoms with Crippen LogP contribution in [-0.4, -0.2) is 0 Å². The largest absolute Gasteiger partial charge is 0.455 e. The standard InChI is InChI=1S/C15H11BrClNO/c1-10-2-3-12(9-18)7-15(10)19-14-5-4-11(8-16)6-13(14)17/h2-7H,8H2,1H3. The lowest BCUT2D eigenvalue weighted by Gasteiger charge is -2.11. The first kappa shape index (κ1) is 13.9. The topological polar surface area (TPSA) is 33.0 Å². The van der Waals surface area contributed by atoms with Crippen LogP contribution in [0.15, 0.2) is 36.4 Å². The van der Waals surface area contributed by atoms with E-state index in [-0.39, 0.29) is 0 Å². The minimum atomic E-state index is 0.554. The van der Waals surface area contributed by atoms with Crippen LogP contribution in [0.2, 0.25) is 5.02 Å². The monoisotopic (exact) mass is 335 g/mol. The van der Waals surface area contributed by atoms with Crippen molar-refractivity contribution in [1.29, 1.82) is 5.26 Å². The van der Waals surface area contributed by atoms with Crippen molar-refractivity contribution in [2.24, 2.45) is 0 Å². The van der Waals surface area contributed by atoms with E-state index in [0.29, 0.717) is 22.1 Å². The van der Waals surface area contributed by atoms with Gasteiger partial charge in [-0.15, -0.1) is 0 Å². The fourth-order valence-corrected chi connectivity index (χ4v) is 2.20. The highest BCUT2D eigenvalue weighted by atomic mass is 79.9. The van der Waals surface area contributed by atoms with Gasteiger partial charge in [0.15, 0.2) is 0 Å². The Morgan fingerprint density at radius 2 is 2.00 bits per heavy atom. The predicted octanol–water partition coefficient (Wildman–Crippen LogP) is 5.21. The van der Waals surface area contributed by atoms with E-state index < -0.39 is 0 Å². The van der Waals surface area contributed by atoms with Crippen molar-refractivity contribution in [2.45, 2.75) is 12.3 Å². The van der Waals surface area contributed by atoms with Crippen LogP contribution in [0.4, 0.5) is 0 Å². The molecule has 0 saturated heterocycles. The fraction of sp³-hybridized carbons (Fsp3) is 0.133. The molecule has 0 amide bonds. The normalized spacial score (nSPS) is 10.0. The van der Waals surface area contributed by atoms with Crippen molar-refractivity contribution in [3.63, 3.8) is 0 Å². The Hall–Kier alpha value is -1.50. The van der Waals surface area contributed by atoms with Crippen LogP contribution in [0.1, 0.15) is 16.7 Å². The van der Waals surface area contributed by atoms with E-state index in [1.807, 2.05) is 31.2 Å². The van der Waals surface area contributed by atoms with Gasteiger partial charge in [-0.05, 0) is 42.3 Å². The molecular weight excluding hydrogens is 326 g/mol. The predicted molar refractivity (Wildman–Crippen MR) is 80.1 cm³/mol. The van der Waals surface area contributed by atoms with Gasteiger partial charge in [-0.25, -0.2) is 0 Å². The molecule has 0 N–H and O–H groups in total. The fourth-order valence-electron chi connectivity index (χ4n) is 1.61. The number of nitriles is 1. The van der Waals surface area contributed by atoms with Crippen LogP contribution >= 0.6 is 27.5 Å². The minimum absolute atomic E-state index is 0.554. The second kappa shape index (κ2) is 6.10. The first-order chi connectivity index (χ1) is 9.13. The maximum Gasteiger partial charge on any atom is 0.146 e. The molecule has 4 heteroatoms. The summed E-state index contributed by atoms with van der Waals surface area (Å²) in [5, 5.41) is 10.2. The molecule has 0 fully saturated rings. The Balaban J connectivity index is 2.33. The Morgan fingerprint density at radius 1 is 1.21 bits per heavy atom. The number of halogens is 2. The van der Waals surface area contributed by atoms with Crippen molar-refractivity contribution < 1.29 is 4.74 Å². The van der Waals surface area contributed by atoms with E-state index in [1.165, 1.54) is 0 Å². The molecule has 0 atom stereocenters. The zero-order valence-electron chi connectivity index (χ0n) is 10.3. The molecule has 2 rings (SSSR count). The molecule has 0 unspecified atom stereocenters. The number of ether oxygens (including phenoxy) is 1. The first-order valence-corrected chi connectivity index (χ1v) is 7.17. The summed E-state index contributed by atoms with van der Waals surface area (Å²) in [5.74, 6) is 1.23. The average molecular weight is 337 g/mol. The highest BCUT2D eigenvalue weighted by Gasteiger charge is 2.07. The molecule has 0 saturated carbocycles. The van der Waals surface area contributed by atoms with Crippen LogP contribution in [0.25, 0.3) is 0 Å². The molecule has 0 spiro atoms. The van der Waals surface area contributed by atoms with E-state index >= 15 is 0 Å². The van der Waals surface area contributed by atoms with Crippen LogP contribution in [0, 0.1) is 18.3 Å². The highest BCUT2D eigenvalue weighted by molar-refractivity contribution is 9.08. The second-order valence-electron chi connectivity index (χ2n) is 4.09. The molecule has 0 aliphatic carbocycles. The number of hydrogen-bond acceptors (Lipinski definition) is 2. The maximum absolute atomic E-state index is 8.91. The van der Waals surface area contributed by atoms with Gasteiger partial charge >= 0.3 is 0 Å². The number of nitrogens with zero attached hydrogens (tertiary/aromatic N) is 1. The summed E-state index contributed by atoms with van der Waals surface area (Å²) in [6.45, 7) is 1.93. The number of aryl methyl sites for hydroxylation is 1. The molecular formula is C15H11BrClNO. The van der Waals surface area contributed by atoms with E-state index in [2.05, 4.69) is 22.0 Å². The molecule has 0 radical (unpaired) electrons. The lowest BCUT2D eigenvalue weighted by atomic mass is 10.1. The average Bonchev–Trinajstić information content (AvgIpc) is 2.43. The third-order valence-electron chi connectivity index (χ3n) is 2.69. The third-order valence-corrected chi connectivity index (χ3v) is 3.63. The van der Waals surface area contributed by atoms with Crippen molar-refractivity contribution >= 4 is 27.5 Å². The molecule has 2 nitrogen and oxygen atoms in total. The zero-order chi connectivity index (χ0) is 13.8. The molecule has 0 aliphatic rings. The van der Waals surface area contributed by atoms with E-state index in [4.69, 9.17) is 21.6 Å². The van der Waals surface area contributed by atoms with Gasteiger partial charge < -0.3 is 4.74 Å². The van der Waals surface area contributed by atoms with Crippen LogP contribution in [0.5, 0.6) is 11.5 Å². The quantitative estimate of drug-likeness (QED) is 0.721. The van der Waals surface area contributed by atoms with Gasteiger partial charge in [-0.1, -0.05) is 39.7 Å². The summed E-state index contributed by atoms with van der Waals surface area (Å²) >= 11 is 9.55. The summed E-state index contributed by atoms with van der Waals surface area (Å²) < 4.78 is 5.78. The Bertz CT molecular complexity index is 649. The van der Waals surface area contributed by atoms with Crippen molar-refractivity contribution in [3.05, 3.63) is 58.1 Å². The smallest absolute Gasteiger partial charge is 0.146 e. The van der Waals surface area contributed by atoms with Gasteiger partial charge in [0.2, 0.25) is 0 Å². The van der Waals surface area contributed by atoms with Gasteiger partial charge in [0, 0.05) is 5.33 Å². The summed E-state index contributed by atoms with van der Waals surface area (Å²) in [4.78, 5) is 0.